The smallest absolute Gasteiger partial charge is 0.119 e. The summed E-state index contributed by atoms with van der Waals surface area (Å²) in [4.78, 5) is 2.08. The van der Waals surface area contributed by atoms with Crippen LogP contribution in [0.1, 0.15) is 24.3 Å². The zero-order chi connectivity index (χ0) is 12.0. The van der Waals surface area contributed by atoms with E-state index in [1.807, 2.05) is 38.4 Å². The van der Waals surface area contributed by atoms with Crippen LogP contribution < -0.4 is 4.74 Å². The van der Waals surface area contributed by atoms with Gasteiger partial charge in [-0.25, -0.2) is 0 Å². The fourth-order valence-electron chi connectivity index (χ4n) is 1.42. The van der Waals surface area contributed by atoms with Gasteiger partial charge in [0.25, 0.3) is 0 Å². The molecule has 1 atom stereocenters. The van der Waals surface area contributed by atoms with E-state index in [1.54, 1.807) is 0 Å². The number of likely N-dealkylation sites (N-methyl/N-ethyl adjacent to an activating group) is 1. The Labute approximate surface area is 103 Å². The molecule has 0 N–H and O–H groups in total. The summed E-state index contributed by atoms with van der Waals surface area (Å²) in [6.45, 7) is 3.71. The van der Waals surface area contributed by atoms with Gasteiger partial charge in [-0.3, -0.25) is 0 Å². The molecule has 0 bridgehead atoms. The first-order valence-electron chi connectivity index (χ1n) is 5.65. The van der Waals surface area contributed by atoms with Crippen LogP contribution in [0, 0.1) is 0 Å². The van der Waals surface area contributed by atoms with Crippen molar-refractivity contribution in [2.24, 2.45) is 0 Å². The molecule has 0 heterocycles. The average Bonchev–Trinajstić information content (AvgIpc) is 2.26. The summed E-state index contributed by atoms with van der Waals surface area (Å²) in [5.41, 5.74) is 1.14. The normalized spacial score (nSPS) is 12.8. The number of hydrogen-bond acceptors (Lipinski definition) is 2. The highest BCUT2D eigenvalue weighted by Crippen LogP contribution is 2.23. The second-order valence-electron chi connectivity index (χ2n) is 4.15. The van der Waals surface area contributed by atoms with E-state index in [1.165, 1.54) is 0 Å². The first-order valence-corrected chi connectivity index (χ1v) is 6.08. The largest absolute Gasteiger partial charge is 0.494 e. The summed E-state index contributed by atoms with van der Waals surface area (Å²) < 4.78 is 5.52. The minimum atomic E-state index is 0.0372. The van der Waals surface area contributed by atoms with Gasteiger partial charge in [0.1, 0.15) is 5.75 Å². The molecule has 2 nitrogen and oxygen atoms in total. The van der Waals surface area contributed by atoms with Gasteiger partial charge in [0, 0.05) is 6.54 Å². The molecule has 90 valence electrons. The van der Waals surface area contributed by atoms with Crippen LogP contribution in [0.3, 0.4) is 0 Å². The van der Waals surface area contributed by atoms with Crippen molar-refractivity contribution in [3.8, 4) is 5.75 Å². The van der Waals surface area contributed by atoms with Crippen molar-refractivity contribution in [2.45, 2.75) is 18.7 Å². The lowest BCUT2D eigenvalue weighted by Crippen LogP contribution is -2.17. The standard InChI is InChI=1S/C13H20ClNO/c1-4-9-16-12-7-5-11(6-8-12)13(14)10-15(2)3/h5-8,13H,4,9-10H2,1-3H3. The Balaban J connectivity index is 2.56. The van der Waals surface area contributed by atoms with Crippen LogP contribution in [0.5, 0.6) is 5.75 Å². The third-order valence-electron chi connectivity index (χ3n) is 2.24. The molecule has 3 heteroatoms. The Morgan fingerprint density at radius 3 is 2.38 bits per heavy atom. The lowest BCUT2D eigenvalue weighted by atomic mass is 10.1. The van der Waals surface area contributed by atoms with E-state index in [-0.39, 0.29) is 5.38 Å². The molecule has 16 heavy (non-hydrogen) atoms. The number of nitrogens with zero attached hydrogens (tertiary/aromatic N) is 1. The molecule has 0 aliphatic heterocycles. The second-order valence-corrected chi connectivity index (χ2v) is 4.67. The molecular formula is C13H20ClNO. The monoisotopic (exact) mass is 241 g/mol. The first kappa shape index (κ1) is 13.3. The highest BCUT2D eigenvalue weighted by atomic mass is 35.5. The highest BCUT2D eigenvalue weighted by Gasteiger charge is 2.08. The lowest BCUT2D eigenvalue weighted by molar-refractivity contribution is 0.317. The number of ether oxygens (including phenoxy) is 1. The van der Waals surface area contributed by atoms with E-state index in [0.717, 1.165) is 30.9 Å². The van der Waals surface area contributed by atoms with Gasteiger partial charge < -0.3 is 9.64 Å². The Kier molecular flexibility index (Phi) is 5.64. The lowest BCUT2D eigenvalue weighted by Gasteiger charge is -2.15. The summed E-state index contributed by atoms with van der Waals surface area (Å²) in [5, 5.41) is 0.0372. The zero-order valence-electron chi connectivity index (χ0n) is 10.2. The van der Waals surface area contributed by atoms with Crippen LogP contribution in [-0.2, 0) is 0 Å². The second kappa shape index (κ2) is 6.77. The van der Waals surface area contributed by atoms with Crippen molar-refractivity contribution in [3.05, 3.63) is 29.8 Å². The maximum Gasteiger partial charge on any atom is 0.119 e. The SMILES string of the molecule is CCCOc1ccc(C(Cl)CN(C)C)cc1. The van der Waals surface area contributed by atoms with Crippen LogP contribution in [0.25, 0.3) is 0 Å². The Bertz CT molecular complexity index is 297. The topological polar surface area (TPSA) is 12.5 Å². The minimum Gasteiger partial charge on any atom is -0.494 e. The molecule has 0 aliphatic carbocycles. The number of halogens is 1. The average molecular weight is 242 g/mol. The molecule has 1 aromatic rings. The molecule has 1 rings (SSSR count). The van der Waals surface area contributed by atoms with Crippen molar-refractivity contribution in [2.75, 3.05) is 27.2 Å². The Morgan fingerprint density at radius 2 is 1.88 bits per heavy atom. The van der Waals surface area contributed by atoms with Crippen molar-refractivity contribution < 1.29 is 4.74 Å². The van der Waals surface area contributed by atoms with Gasteiger partial charge in [0.05, 0.1) is 12.0 Å². The third-order valence-corrected chi connectivity index (χ3v) is 2.63. The summed E-state index contributed by atoms with van der Waals surface area (Å²) >= 11 is 6.28. The molecule has 1 aromatic carbocycles. The van der Waals surface area contributed by atoms with Crippen molar-refractivity contribution in [3.63, 3.8) is 0 Å². The van der Waals surface area contributed by atoms with Crippen LogP contribution in [0.15, 0.2) is 24.3 Å². The van der Waals surface area contributed by atoms with Gasteiger partial charge >= 0.3 is 0 Å². The Morgan fingerprint density at radius 1 is 1.25 bits per heavy atom. The molecule has 0 saturated heterocycles. The maximum atomic E-state index is 6.28. The van der Waals surface area contributed by atoms with E-state index in [2.05, 4.69) is 11.8 Å². The molecule has 0 amide bonds. The number of benzene rings is 1. The predicted octanol–water partition coefficient (Wildman–Crippen LogP) is 3.32. The Hall–Kier alpha value is -0.730. The van der Waals surface area contributed by atoms with Gasteiger partial charge in [0.15, 0.2) is 0 Å². The number of rotatable bonds is 6. The first-order chi connectivity index (χ1) is 7.63. The molecule has 0 aliphatic rings. The van der Waals surface area contributed by atoms with E-state index in [9.17, 15) is 0 Å². The van der Waals surface area contributed by atoms with Gasteiger partial charge in [-0.1, -0.05) is 19.1 Å². The third kappa shape index (κ3) is 4.42. The number of alkyl halides is 1. The molecule has 1 unspecified atom stereocenters. The summed E-state index contributed by atoms with van der Waals surface area (Å²) in [6.07, 6.45) is 1.03. The summed E-state index contributed by atoms with van der Waals surface area (Å²) in [7, 11) is 4.04. The zero-order valence-corrected chi connectivity index (χ0v) is 11.0. The predicted molar refractivity (Wildman–Crippen MR) is 69.4 cm³/mol. The highest BCUT2D eigenvalue weighted by molar-refractivity contribution is 6.21. The molecule has 0 spiro atoms. The van der Waals surface area contributed by atoms with Gasteiger partial charge in [-0.05, 0) is 38.2 Å². The maximum absolute atomic E-state index is 6.28. The van der Waals surface area contributed by atoms with Crippen LogP contribution in [0.2, 0.25) is 0 Å². The van der Waals surface area contributed by atoms with E-state index in [0.29, 0.717) is 0 Å². The van der Waals surface area contributed by atoms with Crippen molar-refractivity contribution in [1.29, 1.82) is 0 Å². The van der Waals surface area contributed by atoms with Gasteiger partial charge in [-0.15, -0.1) is 11.6 Å². The summed E-state index contributed by atoms with van der Waals surface area (Å²) in [5.74, 6) is 0.916. The fraction of sp³-hybridized carbons (Fsp3) is 0.538. The molecular weight excluding hydrogens is 222 g/mol. The van der Waals surface area contributed by atoms with Crippen molar-refractivity contribution >= 4 is 11.6 Å². The van der Waals surface area contributed by atoms with E-state index < -0.39 is 0 Å². The van der Waals surface area contributed by atoms with E-state index in [4.69, 9.17) is 16.3 Å². The molecule has 0 radical (unpaired) electrons. The van der Waals surface area contributed by atoms with Crippen LogP contribution >= 0.6 is 11.6 Å². The molecule has 0 saturated carbocycles. The minimum absolute atomic E-state index is 0.0372. The molecule has 0 aromatic heterocycles. The van der Waals surface area contributed by atoms with E-state index >= 15 is 0 Å². The van der Waals surface area contributed by atoms with Crippen LogP contribution in [-0.4, -0.2) is 32.1 Å². The van der Waals surface area contributed by atoms with Gasteiger partial charge in [0.2, 0.25) is 0 Å². The van der Waals surface area contributed by atoms with Crippen molar-refractivity contribution in [1.82, 2.24) is 4.90 Å². The van der Waals surface area contributed by atoms with Gasteiger partial charge in [-0.2, -0.15) is 0 Å². The summed E-state index contributed by atoms with van der Waals surface area (Å²) in [6, 6.07) is 8.03. The molecule has 0 fully saturated rings. The fourth-order valence-corrected chi connectivity index (χ4v) is 1.84. The van der Waals surface area contributed by atoms with Crippen LogP contribution in [0.4, 0.5) is 0 Å². The quantitative estimate of drug-likeness (QED) is 0.709. The number of hydrogen-bond donors (Lipinski definition) is 0.